The molecule has 55 heavy (non-hydrogen) atoms. The Balaban J connectivity index is 1.26. The molecule has 0 radical (unpaired) electrons. The Kier molecular flexibility index (Phi) is 12.2. The number of aromatic nitrogens is 3. The number of hydrogen-bond donors (Lipinski definition) is 2. The molecule has 0 saturated carbocycles. The van der Waals surface area contributed by atoms with Crippen LogP contribution >= 0.6 is 22.9 Å². The molecule has 4 aromatic rings. The van der Waals surface area contributed by atoms with Gasteiger partial charge < -0.3 is 39.7 Å². The minimum absolute atomic E-state index is 0.0296. The maximum absolute atomic E-state index is 13.1. The van der Waals surface area contributed by atoms with E-state index in [0.717, 1.165) is 22.6 Å². The van der Waals surface area contributed by atoms with Crippen molar-refractivity contribution in [2.45, 2.75) is 19.9 Å². The number of carbonyl (C=O) groups excluding carboxylic acids is 2. The third-order valence-corrected chi connectivity index (χ3v) is 10.7. The Morgan fingerprint density at radius 2 is 1.96 bits per heavy atom. The summed E-state index contributed by atoms with van der Waals surface area (Å²) in [5.41, 5.74) is 3.18. The third-order valence-electron chi connectivity index (χ3n) is 9.48. The molecular weight excluding hydrogens is 740 g/mol. The Morgan fingerprint density at radius 3 is 2.67 bits per heavy atom. The standard InChI is InChI=1S/C39H45ClN10O4S/c1-25-9-7-10-28(40)34(25)45-37(52)32-19-43-38(55-32)46-35-31(54-6)13-12-29(44-35)26-17-30(49-23-39(2,22-41)24-49)36(42-18-26)50-16-15-48(20-27(50)21-53-5)33(51)11-8-14-47(3)4/h7-13,17-19,27H,14-16,20-21,23-24H2,1-6H3,(H,45,52)(H,43,44,46)/b11-8+. The highest BCUT2D eigenvalue weighted by Gasteiger charge is 2.42. The number of para-hydroxylation sites is 1. The summed E-state index contributed by atoms with van der Waals surface area (Å²) >= 11 is 7.50. The molecule has 288 valence electrons. The Morgan fingerprint density at radius 1 is 1.16 bits per heavy atom. The number of nitriles is 1. The second-order valence-electron chi connectivity index (χ2n) is 14.1. The number of nitrogens with zero attached hydrogens (tertiary/aromatic N) is 8. The second kappa shape index (κ2) is 17.0. The number of pyridine rings is 2. The van der Waals surface area contributed by atoms with E-state index in [1.807, 2.05) is 74.2 Å². The maximum Gasteiger partial charge on any atom is 0.267 e. The molecule has 2 fully saturated rings. The zero-order valence-electron chi connectivity index (χ0n) is 31.8. The van der Waals surface area contributed by atoms with E-state index in [-0.39, 0.29) is 17.9 Å². The highest BCUT2D eigenvalue weighted by atomic mass is 35.5. The van der Waals surface area contributed by atoms with Crippen molar-refractivity contribution in [3.8, 4) is 23.1 Å². The van der Waals surface area contributed by atoms with Gasteiger partial charge in [0.15, 0.2) is 22.5 Å². The summed E-state index contributed by atoms with van der Waals surface area (Å²) in [6.45, 7) is 7.57. The number of ether oxygens (including phenoxy) is 2. The zero-order chi connectivity index (χ0) is 39.3. The van der Waals surface area contributed by atoms with Gasteiger partial charge in [-0.15, -0.1) is 0 Å². The van der Waals surface area contributed by atoms with Crippen molar-refractivity contribution in [1.29, 1.82) is 5.26 Å². The molecule has 0 aliphatic carbocycles. The fraction of sp³-hybridized carbons (Fsp3) is 0.385. The lowest BCUT2D eigenvalue weighted by molar-refractivity contribution is -0.127. The van der Waals surface area contributed by atoms with Gasteiger partial charge in [0, 0.05) is 64.2 Å². The van der Waals surface area contributed by atoms with Gasteiger partial charge in [0.2, 0.25) is 5.91 Å². The highest BCUT2D eigenvalue weighted by Crippen LogP contribution is 2.41. The minimum Gasteiger partial charge on any atom is -0.493 e. The average Bonchev–Trinajstić information content (AvgIpc) is 3.63. The largest absolute Gasteiger partial charge is 0.493 e. The van der Waals surface area contributed by atoms with Crippen molar-refractivity contribution in [3.63, 3.8) is 0 Å². The first kappa shape index (κ1) is 39.4. The van der Waals surface area contributed by atoms with Gasteiger partial charge in [-0.05, 0) is 57.8 Å². The number of methoxy groups -OCH3 is 2. The predicted octanol–water partition coefficient (Wildman–Crippen LogP) is 5.70. The van der Waals surface area contributed by atoms with E-state index in [2.05, 4.69) is 31.5 Å². The Hall–Kier alpha value is -5.27. The van der Waals surface area contributed by atoms with Crippen LogP contribution in [0.5, 0.6) is 5.75 Å². The van der Waals surface area contributed by atoms with Gasteiger partial charge in [-0.3, -0.25) is 9.59 Å². The van der Waals surface area contributed by atoms with Crippen molar-refractivity contribution in [2.24, 2.45) is 5.41 Å². The molecule has 0 bridgehead atoms. The number of aryl methyl sites for hydroxylation is 1. The van der Waals surface area contributed by atoms with Crippen molar-refractivity contribution in [3.05, 3.63) is 76.4 Å². The zero-order valence-corrected chi connectivity index (χ0v) is 33.4. The number of thiazole rings is 1. The van der Waals surface area contributed by atoms with Gasteiger partial charge in [0.1, 0.15) is 4.88 Å². The van der Waals surface area contributed by atoms with Crippen LogP contribution < -0.4 is 25.2 Å². The van der Waals surface area contributed by atoms with E-state index >= 15 is 0 Å². The number of anilines is 5. The molecule has 2 amide bonds. The van der Waals surface area contributed by atoms with Gasteiger partial charge in [0.05, 0.1) is 59.5 Å². The molecule has 14 nitrogen and oxygen atoms in total. The monoisotopic (exact) mass is 784 g/mol. The molecular formula is C39H45ClN10O4S. The van der Waals surface area contributed by atoms with Crippen LogP contribution in [0.3, 0.4) is 0 Å². The lowest BCUT2D eigenvalue weighted by Gasteiger charge is -2.48. The normalized spacial score (nSPS) is 16.6. The topological polar surface area (TPSA) is 152 Å². The van der Waals surface area contributed by atoms with Crippen LogP contribution in [0.15, 0.2) is 60.9 Å². The molecule has 3 aromatic heterocycles. The summed E-state index contributed by atoms with van der Waals surface area (Å²) in [6.07, 6.45) is 6.80. The summed E-state index contributed by atoms with van der Waals surface area (Å²) in [5, 5.41) is 16.9. The first-order valence-electron chi connectivity index (χ1n) is 17.8. The van der Waals surface area contributed by atoms with E-state index in [1.165, 1.54) is 17.5 Å². The van der Waals surface area contributed by atoms with Crippen LogP contribution in [-0.4, -0.2) is 117 Å². The molecule has 1 unspecified atom stereocenters. The number of amides is 2. The lowest BCUT2D eigenvalue weighted by Crippen LogP contribution is -2.58. The number of likely N-dealkylation sites (N-methyl/N-ethyl adjacent to an activating group) is 1. The number of nitrogens with one attached hydrogen (secondary N) is 2. The number of halogens is 1. The van der Waals surface area contributed by atoms with Crippen LogP contribution in [0, 0.1) is 23.7 Å². The van der Waals surface area contributed by atoms with Gasteiger partial charge in [-0.25, -0.2) is 15.0 Å². The summed E-state index contributed by atoms with van der Waals surface area (Å²) in [6, 6.07) is 13.4. The number of piperazine rings is 1. The van der Waals surface area contributed by atoms with Crippen LogP contribution in [0.4, 0.5) is 28.1 Å². The van der Waals surface area contributed by atoms with Crippen molar-refractivity contribution in [1.82, 2.24) is 24.8 Å². The quantitative estimate of drug-likeness (QED) is 0.160. The van der Waals surface area contributed by atoms with E-state index in [1.54, 1.807) is 32.6 Å². The van der Waals surface area contributed by atoms with Gasteiger partial charge >= 0.3 is 0 Å². The Labute approximate surface area is 330 Å². The highest BCUT2D eigenvalue weighted by molar-refractivity contribution is 7.17. The SMILES string of the molecule is COCC1CN(C(=O)/C=C/CN(C)C)CCN1c1ncc(-c2ccc(OC)c(Nc3ncc(C(=O)Nc4c(C)cccc4Cl)s3)n2)cc1N1CC(C)(C#N)C1. The molecule has 2 N–H and O–H groups in total. The molecule has 5 heterocycles. The van der Waals surface area contributed by atoms with Crippen molar-refractivity contribution >= 4 is 62.9 Å². The number of rotatable bonds is 13. The van der Waals surface area contributed by atoms with Gasteiger partial charge in [0.25, 0.3) is 5.91 Å². The Bertz CT molecular complexity index is 2090. The van der Waals surface area contributed by atoms with Gasteiger partial charge in [-0.1, -0.05) is 41.1 Å². The first-order valence-corrected chi connectivity index (χ1v) is 19.0. The second-order valence-corrected chi connectivity index (χ2v) is 15.6. The van der Waals surface area contributed by atoms with Crippen LogP contribution in [0.2, 0.25) is 5.02 Å². The fourth-order valence-corrected chi connectivity index (χ4v) is 7.56. The van der Waals surface area contributed by atoms with E-state index < -0.39 is 5.41 Å². The van der Waals surface area contributed by atoms with E-state index in [4.69, 9.17) is 31.0 Å². The molecule has 1 atom stereocenters. The number of carbonyl (C=O) groups is 2. The molecule has 2 saturated heterocycles. The van der Waals surface area contributed by atoms with Crippen molar-refractivity contribution < 1.29 is 19.1 Å². The molecule has 16 heteroatoms. The van der Waals surface area contributed by atoms with Crippen LogP contribution in [0.25, 0.3) is 11.3 Å². The summed E-state index contributed by atoms with van der Waals surface area (Å²) < 4.78 is 11.3. The van der Waals surface area contributed by atoms with E-state index in [9.17, 15) is 14.9 Å². The molecule has 2 aliphatic rings. The minimum atomic E-state index is -0.478. The molecule has 1 aromatic carbocycles. The molecule has 6 rings (SSSR count). The summed E-state index contributed by atoms with van der Waals surface area (Å²) in [7, 11) is 7.14. The van der Waals surface area contributed by atoms with Gasteiger partial charge in [-0.2, -0.15) is 5.26 Å². The average molecular weight is 785 g/mol. The fourth-order valence-electron chi connectivity index (χ4n) is 6.58. The molecule has 0 spiro atoms. The number of benzene rings is 1. The maximum atomic E-state index is 13.1. The summed E-state index contributed by atoms with van der Waals surface area (Å²) in [4.78, 5) is 49.1. The summed E-state index contributed by atoms with van der Waals surface area (Å²) in [5.74, 6) is 1.30. The van der Waals surface area contributed by atoms with E-state index in [0.29, 0.717) is 83.9 Å². The number of hydrogen-bond acceptors (Lipinski definition) is 13. The van der Waals surface area contributed by atoms with Crippen LogP contribution in [0.1, 0.15) is 22.2 Å². The predicted molar refractivity (Wildman–Crippen MR) is 217 cm³/mol. The van der Waals surface area contributed by atoms with Crippen molar-refractivity contribution in [2.75, 3.05) is 94.6 Å². The first-order chi connectivity index (χ1) is 26.4. The molecule has 2 aliphatic heterocycles. The smallest absolute Gasteiger partial charge is 0.267 e. The lowest BCUT2D eigenvalue weighted by atomic mass is 9.83. The van der Waals surface area contributed by atoms with Crippen LogP contribution in [-0.2, 0) is 9.53 Å². The third kappa shape index (κ3) is 9.00.